The van der Waals surface area contributed by atoms with Crippen LogP contribution in [0.15, 0.2) is 126 Å². The van der Waals surface area contributed by atoms with E-state index in [-0.39, 0.29) is 5.92 Å². The summed E-state index contributed by atoms with van der Waals surface area (Å²) in [7, 11) is 0. The van der Waals surface area contributed by atoms with Crippen molar-refractivity contribution in [3.63, 3.8) is 0 Å². The molecule has 1 aliphatic carbocycles. The Hall–Kier alpha value is -6.12. The minimum Gasteiger partial charge on any atom is -0.257 e. The molecule has 0 radical (unpaired) electrons. The van der Waals surface area contributed by atoms with Crippen LogP contribution in [0, 0.1) is 6.92 Å². The average Bonchev–Trinajstić information content (AvgIpc) is 3.15. The summed E-state index contributed by atoms with van der Waals surface area (Å²) in [6.07, 6.45) is 3.29. The van der Waals surface area contributed by atoms with E-state index in [0.29, 0.717) is 0 Å². The lowest BCUT2D eigenvalue weighted by Gasteiger charge is -2.31. The predicted molar refractivity (Wildman–Crippen MR) is 214 cm³/mol. The van der Waals surface area contributed by atoms with Gasteiger partial charge in [0.1, 0.15) is 0 Å². The highest BCUT2D eigenvalue weighted by Gasteiger charge is 2.32. The summed E-state index contributed by atoms with van der Waals surface area (Å²) in [5.41, 5.74) is 10.8. The van der Waals surface area contributed by atoms with E-state index in [1.165, 1.54) is 109 Å². The van der Waals surface area contributed by atoms with Crippen LogP contribution in [-0.2, 0) is 0 Å². The van der Waals surface area contributed by atoms with Crippen molar-refractivity contribution in [1.29, 1.82) is 0 Å². The molecule has 1 aliphatic heterocycles. The summed E-state index contributed by atoms with van der Waals surface area (Å²) < 4.78 is 0. The monoisotopic (exact) mass is 634 g/mol. The molecule has 0 amide bonds. The fraction of sp³-hybridized carbons (Fsp3) is 0.0833. The number of rotatable bonds is 2. The molecular formula is C48H30N2. The molecule has 2 heteroatoms. The summed E-state index contributed by atoms with van der Waals surface area (Å²) in [6, 6.07) is 45.6. The largest absolute Gasteiger partial charge is 0.257 e. The molecule has 0 saturated heterocycles. The molecule has 9 aromatic carbocycles. The van der Waals surface area contributed by atoms with E-state index < -0.39 is 0 Å². The van der Waals surface area contributed by atoms with Crippen molar-refractivity contribution in [2.45, 2.75) is 26.2 Å². The molecule has 2 heterocycles. The van der Waals surface area contributed by atoms with Gasteiger partial charge in [-0.15, -0.1) is 0 Å². The number of pyridine rings is 1. The van der Waals surface area contributed by atoms with Crippen molar-refractivity contribution in [2.75, 3.05) is 0 Å². The second-order valence-corrected chi connectivity index (χ2v) is 14.6. The van der Waals surface area contributed by atoms with Crippen LogP contribution in [0.5, 0.6) is 0 Å². The van der Waals surface area contributed by atoms with Gasteiger partial charge in [-0.1, -0.05) is 84.9 Å². The van der Waals surface area contributed by atoms with Crippen molar-refractivity contribution >= 4 is 98.5 Å². The highest BCUT2D eigenvalue weighted by molar-refractivity contribution is 6.25. The number of nitrogens with zero attached hydrogens (tertiary/aromatic N) is 2. The normalized spacial score (nSPS) is 15.8. The van der Waals surface area contributed by atoms with Gasteiger partial charge in [0.25, 0.3) is 0 Å². The van der Waals surface area contributed by atoms with Crippen LogP contribution in [0.1, 0.15) is 41.8 Å². The van der Waals surface area contributed by atoms with Crippen LogP contribution >= 0.6 is 0 Å². The van der Waals surface area contributed by atoms with Crippen LogP contribution in [0.25, 0.3) is 98.2 Å². The van der Waals surface area contributed by atoms with Crippen molar-refractivity contribution in [1.82, 2.24) is 4.98 Å². The van der Waals surface area contributed by atoms with E-state index in [2.05, 4.69) is 141 Å². The van der Waals surface area contributed by atoms with Gasteiger partial charge in [0.05, 0.1) is 11.4 Å². The molecule has 0 N–H and O–H groups in total. The molecule has 10 aromatic rings. The number of hydrogen-bond donors (Lipinski definition) is 0. The fourth-order valence-corrected chi connectivity index (χ4v) is 9.57. The molecule has 1 atom stereocenters. The van der Waals surface area contributed by atoms with E-state index in [9.17, 15) is 0 Å². The second-order valence-electron chi connectivity index (χ2n) is 14.6. The van der Waals surface area contributed by atoms with E-state index in [1.54, 1.807) is 0 Å². The molecule has 50 heavy (non-hydrogen) atoms. The zero-order chi connectivity index (χ0) is 32.8. The van der Waals surface area contributed by atoms with Gasteiger partial charge in [-0.05, 0) is 155 Å². The fourth-order valence-electron chi connectivity index (χ4n) is 9.57. The lowest BCUT2D eigenvalue weighted by Crippen LogP contribution is -2.19. The van der Waals surface area contributed by atoms with Gasteiger partial charge in [-0.3, -0.25) is 9.98 Å². The van der Waals surface area contributed by atoms with Crippen LogP contribution in [0.2, 0.25) is 0 Å². The minimum atomic E-state index is 0.211. The average molecular weight is 635 g/mol. The van der Waals surface area contributed by atoms with E-state index in [1.807, 2.05) is 0 Å². The SMILES string of the molecule is CC1=Nc2cc(-c3cc4ccc5cccc6ccc(c3)c4c56)cc3c(C)nc4c(c23)C1CC(c1cc2ccc3cccc5ccc(c1)c2c35)=C4. The van der Waals surface area contributed by atoms with Crippen LogP contribution in [0.3, 0.4) is 0 Å². The maximum Gasteiger partial charge on any atom is 0.0718 e. The molecule has 2 aliphatic rings. The first-order valence-electron chi connectivity index (χ1n) is 17.7. The van der Waals surface area contributed by atoms with Gasteiger partial charge in [-0.25, -0.2) is 0 Å². The Bertz CT molecular complexity index is 3070. The first-order chi connectivity index (χ1) is 24.6. The first kappa shape index (κ1) is 26.8. The molecule has 0 spiro atoms. The third-order valence-corrected chi connectivity index (χ3v) is 11.9. The lowest BCUT2D eigenvalue weighted by molar-refractivity contribution is 0.891. The maximum absolute atomic E-state index is 5.36. The van der Waals surface area contributed by atoms with Crippen LogP contribution in [0.4, 0.5) is 5.69 Å². The van der Waals surface area contributed by atoms with E-state index in [0.717, 1.165) is 23.5 Å². The van der Waals surface area contributed by atoms with Gasteiger partial charge in [0.15, 0.2) is 0 Å². The highest BCUT2D eigenvalue weighted by atomic mass is 14.8. The molecule has 0 fully saturated rings. The van der Waals surface area contributed by atoms with Gasteiger partial charge >= 0.3 is 0 Å². The Labute approximate surface area is 288 Å². The van der Waals surface area contributed by atoms with Crippen LogP contribution in [-0.4, -0.2) is 10.7 Å². The van der Waals surface area contributed by atoms with Gasteiger partial charge in [0, 0.05) is 28.1 Å². The molecular weight excluding hydrogens is 605 g/mol. The van der Waals surface area contributed by atoms with Gasteiger partial charge < -0.3 is 0 Å². The van der Waals surface area contributed by atoms with Gasteiger partial charge in [-0.2, -0.15) is 0 Å². The molecule has 0 bridgehead atoms. The zero-order valence-electron chi connectivity index (χ0n) is 27.8. The predicted octanol–water partition coefficient (Wildman–Crippen LogP) is 13.1. The number of allylic oxidation sites excluding steroid dienone is 1. The van der Waals surface area contributed by atoms with E-state index >= 15 is 0 Å². The second kappa shape index (κ2) is 9.31. The molecule has 232 valence electrons. The Morgan fingerprint density at radius 2 is 0.980 bits per heavy atom. The third-order valence-electron chi connectivity index (χ3n) is 11.9. The van der Waals surface area contributed by atoms with Crippen LogP contribution < -0.4 is 0 Å². The third kappa shape index (κ3) is 3.48. The number of hydrogen-bond acceptors (Lipinski definition) is 2. The summed E-state index contributed by atoms with van der Waals surface area (Å²) in [4.78, 5) is 10.7. The minimum absolute atomic E-state index is 0.211. The topological polar surface area (TPSA) is 25.2 Å². The number of benzene rings is 9. The molecule has 0 saturated carbocycles. The lowest BCUT2D eigenvalue weighted by atomic mass is 9.76. The van der Waals surface area contributed by atoms with Crippen molar-refractivity contribution in [3.8, 4) is 11.1 Å². The molecule has 1 aromatic heterocycles. The summed E-state index contributed by atoms with van der Waals surface area (Å²) in [6.45, 7) is 4.38. The molecule has 1 unspecified atom stereocenters. The first-order valence-corrected chi connectivity index (χ1v) is 17.7. The number of aliphatic imine (C=N–C) groups is 1. The quantitative estimate of drug-likeness (QED) is 0.174. The Morgan fingerprint density at radius 1 is 0.500 bits per heavy atom. The van der Waals surface area contributed by atoms with Crippen molar-refractivity contribution in [3.05, 3.63) is 144 Å². The highest BCUT2D eigenvalue weighted by Crippen LogP contribution is 2.50. The number of aromatic nitrogens is 1. The molecule has 2 nitrogen and oxygen atoms in total. The molecule has 12 rings (SSSR count). The zero-order valence-corrected chi connectivity index (χ0v) is 27.8. The smallest absolute Gasteiger partial charge is 0.0718 e. The summed E-state index contributed by atoms with van der Waals surface area (Å²) in [5, 5.41) is 18.3. The van der Waals surface area contributed by atoms with Crippen molar-refractivity contribution < 1.29 is 0 Å². The Morgan fingerprint density at radius 3 is 1.54 bits per heavy atom. The Kier molecular flexibility index (Phi) is 4.99. The van der Waals surface area contributed by atoms with Crippen molar-refractivity contribution in [2.24, 2.45) is 4.99 Å². The van der Waals surface area contributed by atoms with Gasteiger partial charge in [0.2, 0.25) is 0 Å². The standard InChI is InChI=1S/C48H30N2/c1-25-39-21-37(35-17-31-13-9-27-5-3-6-28-10-14-32(18-35)45(31)43(27)28)24-42-47(39)48-40(26(2)50-42)22-38(23-41(48)49-25)36-19-33-15-11-29-7-4-8-30-12-16-34(20-36)46(33)44(29)30/h3-21,23-24,40H,22H2,1-2H3. The maximum atomic E-state index is 5.36. The Balaban J connectivity index is 1.03. The number of aryl methyl sites for hydroxylation is 1. The van der Waals surface area contributed by atoms with E-state index in [4.69, 9.17) is 9.98 Å². The summed E-state index contributed by atoms with van der Waals surface area (Å²) >= 11 is 0. The summed E-state index contributed by atoms with van der Waals surface area (Å²) in [5.74, 6) is 0.211.